The van der Waals surface area contributed by atoms with E-state index >= 15 is 0 Å². The first-order chi connectivity index (χ1) is 12.5. The number of amides is 2. The van der Waals surface area contributed by atoms with Crippen LogP contribution >= 0.6 is 0 Å². The molecule has 1 aliphatic heterocycles. The van der Waals surface area contributed by atoms with Crippen LogP contribution in [-0.2, 0) is 15.0 Å². The summed E-state index contributed by atoms with van der Waals surface area (Å²) in [4.78, 5) is 26.5. The summed E-state index contributed by atoms with van der Waals surface area (Å²) in [5.74, 6) is -0.173. The van der Waals surface area contributed by atoms with Gasteiger partial charge in [0.1, 0.15) is 5.82 Å². The Morgan fingerprint density at radius 1 is 1.19 bits per heavy atom. The number of hydrogen-bond donors (Lipinski definition) is 1. The molecule has 1 atom stereocenters. The number of halogens is 1. The van der Waals surface area contributed by atoms with Gasteiger partial charge in [-0.3, -0.25) is 9.59 Å². The summed E-state index contributed by atoms with van der Waals surface area (Å²) in [5, 5.41) is 3.16. The predicted octanol–water partition coefficient (Wildman–Crippen LogP) is 3.40. The van der Waals surface area contributed by atoms with Crippen molar-refractivity contribution in [3.8, 4) is 0 Å². The summed E-state index contributed by atoms with van der Waals surface area (Å²) in [6.45, 7) is 3.74. The summed E-state index contributed by atoms with van der Waals surface area (Å²) in [7, 11) is 0. The summed E-state index contributed by atoms with van der Waals surface area (Å²) < 4.78 is 13.3. The normalized spacial score (nSPS) is 22.2. The molecule has 5 heteroatoms. The minimum Gasteiger partial charge on any atom is -0.355 e. The van der Waals surface area contributed by atoms with Crippen LogP contribution in [0, 0.1) is 11.7 Å². The largest absolute Gasteiger partial charge is 0.355 e. The van der Waals surface area contributed by atoms with Crippen molar-refractivity contribution in [1.82, 2.24) is 10.2 Å². The molecule has 142 valence electrons. The third kappa shape index (κ3) is 4.08. The molecule has 26 heavy (non-hydrogen) atoms. The Morgan fingerprint density at radius 2 is 1.88 bits per heavy atom. The predicted molar refractivity (Wildman–Crippen MR) is 99.2 cm³/mol. The zero-order chi connectivity index (χ0) is 18.6. The molecule has 1 heterocycles. The van der Waals surface area contributed by atoms with Crippen LogP contribution in [0.25, 0.3) is 0 Å². The fourth-order valence-electron chi connectivity index (χ4n) is 4.46. The van der Waals surface area contributed by atoms with E-state index in [2.05, 4.69) is 5.32 Å². The summed E-state index contributed by atoms with van der Waals surface area (Å²) in [6.07, 6.45) is 6.51. The van der Waals surface area contributed by atoms with Crippen LogP contribution in [0.4, 0.5) is 4.39 Å². The van der Waals surface area contributed by atoms with Crippen LogP contribution in [0.15, 0.2) is 24.3 Å². The van der Waals surface area contributed by atoms with Crippen molar-refractivity contribution < 1.29 is 14.0 Å². The molecule has 0 spiro atoms. The first-order valence-electron chi connectivity index (χ1n) is 9.85. The number of hydrogen-bond acceptors (Lipinski definition) is 2. The molecule has 3 rings (SSSR count). The van der Waals surface area contributed by atoms with E-state index in [0.717, 1.165) is 50.6 Å². The number of piperidine rings is 1. The van der Waals surface area contributed by atoms with E-state index in [1.54, 1.807) is 0 Å². The molecule has 0 aromatic heterocycles. The van der Waals surface area contributed by atoms with E-state index in [-0.39, 0.29) is 29.0 Å². The van der Waals surface area contributed by atoms with Gasteiger partial charge >= 0.3 is 0 Å². The maximum atomic E-state index is 13.3. The Bertz CT molecular complexity index is 638. The summed E-state index contributed by atoms with van der Waals surface area (Å²) in [6, 6.07) is 6.73. The minimum absolute atomic E-state index is 0.0481. The zero-order valence-corrected chi connectivity index (χ0v) is 15.6. The molecule has 0 bridgehead atoms. The SMILES string of the molecule is CCC(=O)N1CCCC(C(=O)NCC2(c3ccc(F)cc3)CCCC2)C1. The van der Waals surface area contributed by atoms with Gasteiger partial charge in [0.05, 0.1) is 5.92 Å². The maximum Gasteiger partial charge on any atom is 0.224 e. The Labute approximate surface area is 155 Å². The van der Waals surface area contributed by atoms with Crippen molar-refractivity contribution in [2.75, 3.05) is 19.6 Å². The Morgan fingerprint density at radius 3 is 2.54 bits per heavy atom. The smallest absolute Gasteiger partial charge is 0.224 e. The molecule has 1 unspecified atom stereocenters. The number of carbonyl (C=O) groups is 2. The van der Waals surface area contributed by atoms with E-state index < -0.39 is 0 Å². The van der Waals surface area contributed by atoms with Gasteiger partial charge in [0.25, 0.3) is 0 Å². The van der Waals surface area contributed by atoms with Crippen molar-refractivity contribution >= 4 is 11.8 Å². The number of nitrogens with zero attached hydrogens (tertiary/aromatic N) is 1. The second-order valence-electron chi connectivity index (χ2n) is 7.74. The second-order valence-corrected chi connectivity index (χ2v) is 7.74. The first kappa shape index (κ1) is 18.9. The molecule has 1 aromatic rings. The Balaban J connectivity index is 1.63. The lowest BCUT2D eigenvalue weighted by Gasteiger charge is -2.34. The van der Waals surface area contributed by atoms with Gasteiger partial charge in [-0.2, -0.15) is 0 Å². The van der Waals surface area contributed by atoms with Crippen molar-refractivity contribution in [2.45, 2.75) is 57.3 Å². The molecule has 2 aliphatic rings. The number of carbonyl (C=O) groups excluding carboxylic acids is 2. The van der Waals surface area contributed by atoms with Gasteiger partial charge in [-0.25, -0.2) is 4.39 Å². The standard InChI is InChI=1S/C21H29FN2O2/c1-2-19(25)24-13-5-6-16(14-24)20(26)23-15-21(11-3-4-12-21)17-7-9-18(22)10-8-17/h7-10,16H,2-6,11-15H2,1H3,(H,23,26). The molecular weight excluding hydrogens is 331 g/mol. The van der Waals surface area contributed by atoms with Crippen LogP contribution in [-0.4, -0.2) is 36.3 Å². The van der Waals surface area contributed by atoms with Gasteiger partial charge in [-0.05, 0) is 43.4 Å². The van der Waals surface area contributed by atoms with E-state index in [1.165, 1.54) is 12.1 Å². The topological polar surface area (TPSA) is 49.4 Å². The Kier molecular flexibility index (Phi) is 5.94. The molecule has 1 saturated carbocycles. The van der Waals surface area contributed by atoms with Crippen LogP contribution in [0.1, 0.15) is 57.4 Å². The lowest BCUT2D eigenvalue weighted by Crippen LogP contribution is -2.47. The zero-order valence-electron chi connectivity index (χ0n) is 15.6. The molecule has 1 N–H and O–H groups in total. The van der Waals surface area contributed by atoms with E-state index in [4.69, 9.17) is 0 Å². The number of benzene rings is 1. The van der Waals surface area contributed by atoms with Crippen LogP contribution in [0.2, 0.25) is 0 Å². The second kappa shape index (κ2) is 8.19. The molecule has 2 fully saturated rings. The highest BCUT2D eigenvalue weighted by atomic mass is 19.1. The maximum absolute atomic E-state index is 13.3. The average molecular weight is 360 g/mol. The fourth-order valence-corrected chi connectivity index (χ4v) is 4.46. The molecule has 1 saturated heterocycles. The van der Waals surface area contributed by atoms with Gasteiger partial charge < -0.3 is 10.2 Å². The van der Waals surface area contributed by atoms with Crippen molar-refractivity contribution in [3.63, 3.8) is 0 Å². The highest BCUT2D eigenvalue weighted by Crippen LogP contribution is 2.40. The van der Waals surface area contributed by atoms with Crippen molar-refractivity contribution in [2.24, 2.45) is 5.92 Å². The highest BCUT2D eigenvalue weighted by Gasteiger charge is 2.37. The third-order valence-corrected chi connectivity index (χ3v) is 6.07. The Hall–Kier alpha value is -1.91. The van der Waals surface area contributed by atoms with E-state index in [0.29, 0.717) is 19.5 Å². The molecule has 1 aliphatic carbocycles. The van der Waals surface area contributed by atoms with Gasteiger partial charge in [0.2, 0.25) is 11.8 Å². The van der Waals surface area contributed by atoms with Gasteiger partial charge in [0, 0.05) is 31.5 Å². The summed E-state index contributed by atoms with van der Waals surface area (Å²) in [5.41, 5.74) is 1.03. The number of likely N-dealkylation sites (tertiary alicyclic amines) is 1. The average Bonchev–Trinajstić information content (AvgIpc) is 3.16. The van der Waals surface area contributed by atoms with Gasteiger partial charge in [-0.1, -0.05) is 31.9 Å². The lowest BCUT2D eigenvalue weighted by atomic mass is 9.78. The van der Waals surface area contributed by atoms with Gasteiger partial charge in [0.15, 0.2) is 0 Å². The van der Waals surface area contributed by atoms with Crippen molar-refractivity contribution in [3.05, 3.63) is 35.6 Å². The molecular formula is C21H29FN2O2. The highest BCUT2D eigenvalue weighted by molar-refractivity contribution is 5.81. The molecule has 4 nitrogen and oxygen atoms in total. The number of rotatable bonds is 5. The monoisotopic (exact) mass is 360 g/mol. The van der Waals surface area contributed by atoms with E-state index in [1.807, 2.05) is 24.0 Å². The first-order valence-corrected chi connectivity index (χ1v) is 9.85. The van der Waals surface area contributed by atoms with Crippen LogP contribution < -0.4 is 5.32 Å². The quantitative estimate of drug-likeness (QED) is 0.875. The molecule has 0 radical (unpaired) electrons. The number of nitrogens with one attached hydrogen (secondary N) is 1. The van der Waals surface area contributed by atoms with Crippen LogP contribution in [0.3, 0.4) is 0 Å². The summed E-state index contributed by atoms with van der Waals surface area (Å²) >= 11 is 0. The minimum atomic E-state index is -0.228. The van der Waals surface area contributed by atoms with Crippen LogP contribution in [0.5, 0.6) is 0 Å². The van der Waals surface area contributed by atoms with E-state index in [9.17, 15) is 14.0 Å². The molecule has 1 aromatic carbocycles. The lowest BCUT2D eigenvalue weighted by molar-refractivity contribution is -0.135. The fraction of sp³-hybridized carbons (Fsp3) is 0.619. The third-order valence-electron chi connectivity index (χ3n) is 6.07. The van der Waals surface area contributed by atoms with Crippen molar-refractivity contribution in [1.29, 1.82) is 0 Å². The van der Waals surface area contributed by atoms with Gasteiger partial charge in [-0.15, -0.1) is 0 Å². The molecule has 2 amide bonds.